The minimum absolute atomic E-state index is 0.0174. The Morgan fingerprint density at radius 2 is 1.04 bits per heavy atom. The van der Waals surface area contributed by atoms with E-state index < -0.39 is 6.16 Å². The normalized spacial score (nSPS) is 11.0. The summed E-state index contributed by atoms with van der Waals surface area (Å²) in [4.78, 5) is 25.1. The van der Waals surface area contributed by atoms with Gasteiger partial charge in [0.05, 0.1) is 20.3 Å². The first-order chi connectivity index (χ1) is 24.9. The third-order valence-corrected chi connectivity index (χ3v) is 7.66. The lowest BCUT2D eigenvalue weighted by atomic mass is 10.1. The number of hydrogen-bond acceptors (Lipinski definition) is 8. The Morgan fingerprint density at radius 1 is 0.569 bits per heavy atom. The zero-order chi connectivity index (χ0) is 35.8. The molecule has 5 aromatic carbocycles. The van der Waals surface area contributed by atoms with Crippen LogP contribution in [0.1, 0.15) is 34.7 Å². The predicted octanol–water partition coefficient (Wildman–Crippen LogP) is 9.91. The van der Waals surface area contributed by atoms with Gasteiger partial charge in [-0.25, -0.2) is 4.79 Å². The Bertz CT molecular complexity index is 1930. The lowest BCUT2D eigenvalue weighted by molar-refractivity contribution is -0.142. The maximum absolute atomic E-state index is 12.1. The quantitative estimate of drug-likeness (QED) is 0.0467. The van der Waals surface area contributed by atoms with Gasteiger partial charge in [0.1, 0.15) is 24.7 Å². The summed E-state index contributed by atoms with van der Waals surface area (Å²) in [5, 5.41) is 0. The molecule has 51 heavy (non-hydrogen) atoms. The Labute approximate surface area is 299 Å². The molecule has 0 bridgehead atoms. The highest BCUT2D eigenvalue weighted by atomic mass is 16.7. The van der Waals surface area contributed by atoms with Crippen LogP contribution in [0.3, 0.4) is 0 Å². The Morgan fingerprint density at radius 3 is 1.57 bits per heavy atom. The predicted molar refractivity (Wildman–Crippen MR) is 203 cm³/mol. The molecule has 0 heterocycles. The summed E-state index contributed by atoms with van der Waals surface area (Å²) in [7, 11) is 1.67. The number of carbonyl (C=O) groups is 2. The number of aryl methyl sites for hydroxylation is 1. The Balaban J connectivity index is 1.22. The molecule has 0 fully saturated rings. The van der Waals surface area contributed by atoms with Gasteiger partial charge in [0.2, 0.25) is 0 Å². The van der Waals surface area contributed by atoms with Gasteiger partial charge in [-0.1, -0.05) is 90.5 Å². The van der Waals surface area contributed by atoms with Crippen molar-refractivity contribution in [2.75, 3.05) is 38.4 Å². The molecule has 0 saturated carbocycles. The van der Waals surface area contributed by atoms with E-state index in [0.29, 0.717) is 5.75 Å². The molecule has 0 aliphatic rings. The smallest absolute Gasteiger partial charge is 0.497 e. The van der Waals surface area contributed by atoms with Gasteiger partial charge in [0.25, 0.3) is 0 Å². The molecule has 0 spiro atoms. The molecule has 260 valence electrons. The number of rotatable bonds is 15. The first-order valence-corrected chi connectivity index (χ1v) is 16.6. The molecule has 0 amide bonds. The number of ether oxygens (including phenoxy) is 5. The molecule has 0 N–H and O–H groups in total. The molecular weight excluding hydrogens is 642 g/mol. The molecule has 8 heteroatoms. The summed E-state index contributed by atoms with van der Waals surface area (Å²) in [5.74, 6) is 0.822. The van der Waals surface area contributed by atoms with Crippen molar-refractivity contribution in [3.05, 3.63) is 149 Å². The maximum Gasteiger partial charge on any atom is 0.513 e. The Hall–Kier alpha value is -6.12. The third-order valence-electron chi connectivity index (χ3n) is 7.66. The summed E-state index contributed by atoms with van der Waals surface area (Å²) >= 11 is 0. The van der Waals surface area contributed by atoms with Crippen molar-refractivity contribution in [2.24, 2.45) is 0 Å². The zero-order valence-corrected chi connectivity index (χ0v) is 29.0. The van der Waals surface area contributed by atoms with Gasteiger partial charge in [0.15, 0.2) is 0 Å². The maximum atomic E-state index is 12.1. The SMILES string of the molecule is COc1cccc(/C=C/c2ccc(N(c3ccc(C)cc3)c3ccc(/C=C/c4cccc(OC(=O)OCCOCCOC(C)=O)c4)cc3)cc2)c1. The fourth-order valence-corrected chi connectivity index (χ4v) is 5.08. The molecule has 0 aliphatic carbocycles. The van der Waals surface area contributed by atoms with E-state index in [1.807, 2.05) is 42.5 Å². The van der Waals surface area contributed by atoms with Crippen molar-refractivity contribution in [3.63, 3.8) is 0 Å². The average molecular weight is 684 g/mol. The van der Waals surface area contributed by atoms with Crippen molar-refractivity contribution in [2.45, 2.75) is 13.8 Å². The van der Waals surface area contributed by atoms with E-state index in [2.05, 4.69) is 103 Å². The van der Waals surface area contributed by atoms with E-state index in [1.54, 1.807) is 19.2 Å². The highest BCUT2D eigenvalue weighted by Gasteiger charge is 2.12. The van der Waals surface area contributed by atoms with Crippen molar-refractivity contribution >= 4 is 53.5 Å². The summed E-state index contributed by atoms with van der Waals surface area (Å²) in [6, 6.07) is 40.5. The van der Waals surface area contributed by atoms with E-state index in [1.165, 1.54) is 12.5 Å². The molecule has 5 aromatic rings. The van der Waals surface area contributed by atoms with E-state index in [0.717, 1.165) is 45.1 Å². The largest absolute Gasteiger partial charge is 0.513 e. The van der Waals surface area contributed by atoms with Crippen LogP contribution < -0.4 is 14.4 Å². The molecule has 0 radical (unpaired) electrons. The van der Waals surface area contributed by atoms with Crippen molar-refractivity contribution in [1.82, 2.24) is 0 Å². The van der Waals surface area contributed by atoms with E-state index in [9.17, 15) is 9.59 Å². The number of benzene rings is 5. The molecule has 0 atom stereocenters. The number of carbonyl (C=O) groups excluding carboxylic acids is 2. The first-order valence-electron chi connectivity index (χ1n) is 16.6. The summed E-state index contributed by atoms with van der Waals surface area (Å²) in [5.41, 5.74) is 8.37. The summed E-state index contributed by atoms with van der Waals surface area (Å²) in [6.45, 7) is 3.96. The fourth-order valence-electron chi connectivity index (χ4n) is 5.08. The van der Waals surface area contributed by atoms with Gasteiger partial charge in [-0.3, -0.25) is 4.79 Å². The van der Waals surface area contributed by atoms with Crippen LogP contribution in [0.2, 0.25) is 0 Å². The number of methoxy groups -OCH3 is 1. The van der Waals surface area contributed by atoms with Crippen LogP contribution in [0, 0.1) is 6.92 Å². The van der Waals surface area contributed by atoms with E-state index >= 15 is 0 Å². The Kier molecular flexibility index (Phi) is 13.2. The van der Waals surface area contributed by atoms with Crippen LogP contribution >= 0.6 is 0 Å². The summed E-state index contributed by atoms with van der Waals surface area (Å²) < 4.78 is 25.8. The van der Waals surface area contributed by atoms with Gasteiger partial charge in [-0.2, -0.15) is 0 Å². The molecule has 5 rings (SSSR count). The highest BCUT2D eigenvalue weighted by Crippen LogP contribution is 2.35. The van der Waals surface area contributed by atoms with Crippen LogP contribution in [0.4, 0.5) is 21.9 Å². The van der Waals surface area contributed by atoms with Gasteiger partial charge in [-0.05, 0) is 89.8 Å². The lowest BCUT2D eigenvalue weighted by Gasteiger charge is -2.26. The van der Waals surface area contributed by atoms with Gasteiger partial charge in [-0.15, -0.1) is 0 Å². The first kappa shape index (κ1) is 36.2. The number of esters is 1. The standard InChI is InChI=1S/C43H41NO7/c1-32-10-20-38(21-11-32)44(39-22-16-34(17-23-39)12-14-36-6-4-8-41(30-36)47-3)40-24-18-35(19-25-40)13-15-37-7-5-9-42(31-37)51-43(46)50-29-27-48-26-28-49-33(2)45/h4-25,30-31H,26-29H2,1-3H3/b14-12+,15-13+. The number of hydrogen-bond donors (Lipinski definition) is 0. The molecule has 0 saturated heterocycles. The molecule has 8 nitrogen and oxygen atoms in total. The second-order valence-corrected chi connectivity index (χ2v) is 11.5. The fraction of sp³-hybridized carbons (Fsp3) is 0.163. The summed E-state index contributed by atoms with van der Waals surface area (Å²) in [6.07, 6.45) is 7.32. The molecule has 0 aliphatic heterocycles. The minimum Gasteiger partial charge on any atom is -0.497 e. The monoisotopic (exact) mass is 683 g/mol. The third kappa shape index (κ3) is 11.5. The van der Waals surface area contributed by atoms with Crippen LogP contribution in [0.5, 0.6) is 11.5 Å². The second kappa shape index (κ2) is 18.6. The molecule has 0 unspecified atom stereocenters. The number of nitrogens with zero attached hydrogens (tertiary/aromatic N) is 1. The number of anilines is 3. The van der Waals surface area contributed by atoms with Crippen molar-refractivity contribution < 1.29 is 33.3 Å². The van der Waals surface area contributed by atoms with Crippen LogP contribution in [-0.4, -0.2) is 45.7 Å². The second-order valence-electron chi connectivity index (χ2n) is 11.5. The van der Waals surface area contributed by atoms with Crippen LogP contribution in [0.15, 0.2) is 121 Å². The lowest BCUT2D eigenvalue weighted by Crippen LogP contribution is -2.16. The molecule has 0 aromatic heterocycles. The molecular formula is C43H41NO7. The van der Waals surface area contributed by atoms with E-state index in [-0.39, 0.29) is 32.4 Å². The van der Waals surface area contributed by atoms with Crippen molar-refractivity contribution in [1.29, 1.82) is 0 Å². The average Bonchev–Trinajstić information content (AvgIpc) is 3.15. The van der Waals surface area contributed by atoms with Crippen LogP contribution in [-0.2, 0) is 19.0 Å². The zero-order valence-electron chi connectivity index (χ0n) is 29.0. The topological polar surface area (TPSA) is 83.5 Å². The van der Waals surface area contributed by atoms with E-state index in [4.69, 9.17) is 23.7 Å². The van der Waals surface area contributed by atoms with Crippen LogP contribution in [0.25, 0.3) is 24.3 Å². The highest BCUT2D eigenvalue weighted by molar-refractivity contribution is 5.79. The minimum atomic E-state index is -0.826. The van der Waals surface area contributed by atoms with Crippen molar-refractivity contribution in [3.8, 4) is 11.5 Å². The van der Waals surface area contributed by atoms with Gasteiger partial charge >= 0.3 is 12.1 Å². The van der Waals surface area contributed by atoms with Gasteiger partial charge in [0, 0.05) is 24.0 Å². The van der Waals surface area contributed by atoms with Gasteiger partial charge < -0.3 is 28.6 Å².